The van der Waals surface area contributed by atoms with Gasteiger partial charge in [0.15, 0.2) is 0 Å². The van der Waals surface area contributed by atoms with Gasteiger partial charge in [-0.15, -0.1) is 0 Å². The number of ether oxygens (including phenoxy) is 1. The molecule has 1 unspecified atom stereocenters. The molecule has 1 heterocycles. The third kappa shape index (κ3) is 1.39. The van der Waals surface area contributed by atoms with Crippen LogP contribution < -0.4 is 5.32 Å². The zero-order valence-electron chi connectivity index (χ0n) is 7.83. The van der Waals surface area contributed by atoms with Crippen molar-refractivity contribution in [2.45, 2.75) is 43.4 Å². The van der Waals surface area contributed by atoms with E-state index in [0.29, 0.717) is 18.8 Å². The lowest BCUT2D eigenvalue weighted by Crippen LogP contribution is -2.47. The van der Waals surface area contributed by atoms with Crippen LogP contribution in [0.1, 0.15) is 25.7 Å². The molecule has 2 saturated carbocycles. The van der Waals surface area contributed by atoms with Crippen molar-refractivity contribution < 1.29 is 9.84 Å². The minimum Gasteiger partial charge on any atom is -0.389 e. The Labute approximate surface area is 78.5 Å². The lowest BCUT2D eigenvalue weighted by atomic mass is 10.1. The minimum absolute atomic E-state index is 0.197. The van der Waals surface area contributed by atoms with Crippen molar-refractivity contribution >= 4 is 0 Å². The first-order chi connectivity index (χ1) is 6.30. The lowest BCUT2D eigenvalue weighted by Gasteiger charge is -2.23. The molecule has 3 rings (SSSR count). The third-order valence-electron chi connectivity index (χ3n) is 3.67. The first-order valence-corrected chi connectivity index (χ1v) is 5.34. The Bertz CT molecular complexity index is 211. The molecule has 0 aromatic rings. The van der Waals surface area contributed by atoms with E-state index < -0.39 is 0 Å². The summed E-state index contributed by atoms with van der Waals surface area (Å²) in [6.45, 7) is 1.20. The zero-order chi connectivity index (χ0) is 8.89. The van der Waals surface area contributed by atoms with Gasteiger partial charge in [-0.3, -0.25) is 0 Å². The summed E-state index contributed by atoms with van der Waals surface area (Å²) in [5.41, 5.74) is 0.416. The van der Waals surface area contributed by atoms with Crippen molar-refractivity contribution in [3.05, 3.63) is 0 Å². The monoisotopic (exact) mass is 183 g/mol. The van der Waals surface area contributed by atoms with Crippen molar-refractivity contribution in [3.63, 3.8) is 0 Å². The third-order valence-corrected chi connectivity index (χ3v) is 3.67. The fourth-order valence-electron chi connectivity index (χ4n) is 2.49. The molecule has 3 aliphatic rings. The standard InChI is InChI=1S/C10H17NO2/c12-9-6-13-5-8(9)11-10(3-4-10)7-1-2-7/h7-9,11-12H,1-6H2/t8?,9-/m1/s1. The molecule has 0 aromatic carbocycles. The maximum absolute atomic E-state index is 9.59. The predicted molar refractivity (Wildman–Crippen MR) is 48.4 cm³/mol. The van der Waals surface area contributed by atoms with Crippen LogP contribution in [0.15, 0.2) is 0 Å². The molecule has 2 aliphatic carbocycles. The Morgan fingerprint density at radius 2 is 2.00 bits per heavy atom. The lowest BCUT2D eigenvalue weighted by molar-refractivity contribution is 0.120. The van der Waals surface area contributed by atoms with Gasteiger partial charge in [-0.2, -0.15) is 0 Å². The molecule has 0 amide bonds. The highest BCUT2D eigenvalue weighted by molar-refractivity contribution is 5.13. The van der Waals surface area contributed by atoms with Crippen LogP contribution in [0, 0.1) is 5.92 Å². The predicted octanol–water partition coefficient (Wildman–Crippen LogP) is 0.278. The Kier molecular flexibility index (Phi) is 1.70. The summed E-state index contributed by atoms with van der Waals surface area (Å²) in [4.78, 5) is 0. The van der Waals surface area contributed by atoms with Gasteiger partial charge in [0.05, 0.1) is 25.4 Å². The molecule has 0 radical (unpaired) electrons. The summed E-state index contributed by atoms with van der Waals surface area (Å²) < 4.78 is 5.23. The van der Waals surface area contributed by atoms with Crippen LogP contribution >= 0.6 is 0 Å². The van der Waals surface area contributed by atoms with Gasteiger partial charge in [0.2, 0.25) is 0 Å². The number of hydrogen-bond donors (Lipinski definition) is 2. The number of aliphatic hydroxyl groups is 1. The molecule has 2 N–H and O–H groups in total. The van der Waals surface area contributed by atoms with Gasteiger partial charge in [0.25, 0.3) is 0 Å². The van der Waals surface area contributed by atoms with Crippen LogP contribution in [0.3, 0.4) is 0 Å². The second-order valence-corrected chi connectivity index (χ2v) is 4.79. The van der Waals surface area contributed by atoms with E-state index in [-0.39, 0.29) is 12.1 Å². The highest BCUT2D eigenvalue weighted by Gasteiger charge is 2.55. The number of aliphatic hydroxyl groups excluding tert-OH is 1. The molecular weight excluding hydrogens is 166 g/mol. The average Bonchev–Trinajstić information content (AvgIpc) is 2.97. The maximum Gasteiger partial charge on any atom is 0.0948 e. The highest BCUT2D eigenvalue weighted by Crippen LogP contribution is 2.54. The fourth-order valence-corrected chi connectivity index (χ4v) is 2.49. The molecule has 3 heteroatoms. The first-order valence-electron chi connectivity index (χ1n) is 5.34. The molecule has 13 heavy (non-hydrogen) atoms. The van der Waals surface area contributed by atoms with Crippen molar-refractivity contribution in [1.29, 1.82) is 0 Å². The Balaban J connectivity index is 1.61. The number of hydrogen-bond acceptors (Lipinski definition) is 3. The van der Waals surface area contributed by atoms with E-state index in [4.69, 9.17) is 4.74 Å². The van der Waals surface area contributed by atoms with Crippen LogP contribution in [0.5, 0.6) is 0 Å². The molecule has 1 aliphatic heterocycles. The van der Waals surface area contributed by atoms with Crippen molar-refractivity contribution in [2.24, 2.45) is 5.92 Å². The fraction of sp³-hybridized carbons (Fsp3) is 1.00. The zero-order valence-corrected chi connectivity index (χ0v) is 7.83. The summed E-state index contributed by atoms with van der Waals surface area (Å²) >= 11 is 0. The van der Waals surface area contributed by atoms with E-state index in [1.165, 1.54) is 25.7 Å². The van der Waals surface area contributed by atoms with Crippen molar-refractivity contribution in [1.82, 2.24) is 5.32 Å². The Hall–Kier alpha value is -0.120. The van der Waals surface area contributed by atoms with Crippen LogP contribution in [0.2, 0.25) is 0 Å². The summed E-state index contributed by atoms with van der Waals surface area (Å²) in [5, 5.41) is 13.2. The van der Waals surface area contributed by atoms with Gasteiger partial charge in [0, 0.05) is 5.54 Å². The molecule has 0 bridgehead atoms. The summed E-state index contributed by atoms with van der Waals surface area (Å²) in [6.07, 6.45) is 5.10. The first kappa shape index (κ1) is 8.21. The van der Waals surface area contributed by atoms with Gasteiger partial charge in [-0.05, 0) is 31.6 Å². The van der Waals surface area contributed by atoms with E-state index in [9.17, 15) is 5.11 Å². The van der Waals surface area contributed by atoms with Gasteiger partial charge in [-0.1, -0.05) is 0 Å². The van der Waals surface area contributed by atoms with E-state index in [2.05, 4.69) is 5.32 Å². The van der Waals surface area contributed by atoms with Gasteiger partial charge < -0.3 is 15.2 Å². The molecular formula is C10H17NO2. The van der Waals surface area contributed by atoms with Crippen LogP contribution in [0.4, 0.5) is 0 Å². The minimum atomic E-state index is -0.281. The summed E-state index contributed by atoms with van der Waals surface area (Å²) in [5.74, 6) is 0.903. The van der Waals surface area contributed by atoms with Gasteiger partial charge >= 0.3 is 0 Å². The number of nitrogens with one attached hydrogen (secondary N) is 1. The average molecular weight is 183 g/mol. The molecule has 1 saturated heterocycles. The molecule has 0 spiro atoms. The molecule has 3 nitrogen and oxygen atoms in total. The van der Waals surface area contributed by atoms with Crippen molar-refractivity contribution in [3.8, 4) is 0 Å². The van der Waals surface area contributed by atoms with Crippen LogP contribution in [-0.4, -0.2) is 36.0 Å². The molecule has 0 aromatic heterocycles. The van der Waals surface area contributed by atoms with E-state index in [1.54, 1.807) is 0 Å². The van der Waals surface area contributed by atoms with Gasteiger partial charge in [0.1, 0.15) is 0 Å². The largest absolute Gasteiger partial charge is 0.389 e. The normalized spacial score (nSPS) is 42.2. The molecule has 2 atom stereocenters. The molecule has 3 fully saturated rings. The topological polar surface area (TPSA) is 41.5 Å². The van der Waals surface area contributed by atoms with Crippen LogP contribution in [0.25, 0.3) is 0 Å². The van der Waals surface area contributed by atoms with E-state index in [0.717, 1.165) is 5.92 Å². The highest BCUT2D eigenvalue weighted by atomic mass is 16.5. The Morgan fingerprint density at radius 3 is 2.46 bits per heavy atom. The SMILES string of the molecule is O[C@@H]1COCC1NC1(C2CC2)CC1. The summed E-state index contributed by atoms with van der Waals surface area (Å²) in [6, 6.07) is 0.197. The number of rotatable bonds is 3. The van der Waals surface area contributed by atoms with Crippen molar-refractivity contribution in [2.75, 3.05) is 13.2 Å². The van der Waals surface area contributed by atoms with Gasteiger partial charge in [-0.25, -0.2) is 0 Å². The smallest absolute Gasteiger partial charge is 0.0948 e. The van der Waals surface area contributed by atoms with Crippen LogP contribution in [-0.2, 0) is 4.74 Å². The maximum atomic E-state index is 9.59. The van der Waals surface area contributed by atoms with E-state index >= 15 is 0 Å². The quantitative estimate of drug-likeness (QED) is 0.660. The Morgan fingerprint density at radius 1 is 1.23 bits per heavy atom. The van der Waals surface area contributed by atoms with E-state index in [1.807, 2.05) is 0 Å². The second-order valence-electron chi connectivity index (χ2n) is 4.79. The molecule has 74 valence electrons. The summed E-state index contributed by atoms with van der Waals surface area (Å²) in [7, 11) is 0. The second kappa shape index (κ2) is 2.69.